The first-order valence-electron chi connectivity index (χ1n) is 9.58. The Kier molecular flexibility index (Phi) is 6.18. The van der Waals surface area contributed by atoms with Crippen molar-refractivity contribution >= 4 is 33.3 Å². The number of benzene rings is 2. The van der Waals surface area contributed by atoms with Crippen molar-refractivity contribution in [1.82, 2.24) is 0 Å². The maximum Gasteiger partial charge on any atom is 0.286 e. The first-order valence-corrected chi connectivity index (χ1v) is 11.9. The molecular weight excluding hydrogens is 378 g/mol. The van der Waals surface area contributed by atoms with Gasteiger partial charge in [0, 0.05) is 9.79 Å². The second kappa shape index (κ2) is 8.25. The lowest BCUT2D eigenvalue weighted by Gasteiger charge is -2.38. The summed E-state index contributed by atoms with van der Waals surface area (Å²) in [7, 11) is -4.24. The summed E-state index contributed by atoms with van der Waals surface area (Å²) in [6.07, 6.45) is 4.12. The van der Waals surface area contributed by atoms with Gasteiger partial charge in [0.25, 0.3) is 10.1 Å². The Hall–Kier alpha value is -1.50. The van der Waals surface area contributed by atoms with Gasteiger partial charge >= 0.3 is 0 Å². The van der Waals surface area contributed by atoms with Crippen molar-refractivity contribution < 1.29 is 13.0 Å². The highest BCUT2D eigenvalue weighted by atomic mass is 32.2. The molecule has 3 rings (SSSR count). The lowest BCUT2D eigenvalue weighted by atomic mass is 10.0. The SMILES string of the molecule is CCCc1ccc2c(c1)N(C(CC)S(=O)(=O)O)c1c(CCC)cccc1S2. The van der Waals surface area contributed by atoms with Crippen LogP contribution in [0.15, 0.2) is 46.2 Å². The fraction of sp³-hybridized carbons (Fsp3) is 0.429. The molecule has 0 fully saturated rings. The van der Waals surface area contributed by atoms with E-state index in [1.165, 1.54) is 5.56 Å². The molecule has 146 valence electrons. The van der Waals surface area contributed by atoms with Gasteiger partial charge in [-0.15, -0.1) is 0 Å². The molecule has 1 aliphatic rings. The summed E-state index contributed by atoms with van der Waals surface area (Å²) in [6, 6.07) is 12.4. The molecule has 6 heteroatoms. The van der Waals surface area contributed by atoms with Crippen LogP contribution >= 0.6 is 11.8 Å². The third-order valence-electron chi connectivity index (χ3n) is 4.87. The van der Waals surface area contributed by atoms with E-state index in [0.717, 1.165) is 52.4 Å². The summed E-state index contributed by atoms with van der Waals surface area (Å²) in [5.74, 6) is 0. The molecule has 1 atom stereocenters. The number of fused-ring (bicyclic) bond motifs is 2. The molecule has 1 unspecified atom stereocenters. The molecule has 0 spiro atoms. The first kappa shape index (κ1) is 20.2. The molecule has 2 aromatic carbocycles. The average molecular weight is 406 g/mol. The van der Waals surface area contributed by atoms with E-state index >= 15 is 0 Å². The molecule has 0 amide bonds. The minimum absolute atomic E-state index is 0.306. The topological polar surface area (TPSA) is 57.6 Å². The lowest BCUT2D eigenvalue weighted by Crippen LogP contribution is -2.39. The smallest absolute Gasteiger partial charge is 0.286 e. The van der Waals surface area contributed by atoms with Crippen LogP contribution in [0.3, 0.4) is 0 Å². The van der Waals surface area contributed by atoms with Gasteiger partial charge in [0.05, 0.1) is 11.4 Å². The second-order valence-corrected chi connectivity index (χ2v) is 9.57. The van der Waals surface area contributed by atoms with Crippen molar-refractivity contribution in [3.05, 3.63) is 47.5 Å². The molecule has 1 heterocycles. The van der Waals surface area contributed by atoms with E-state index < -0.39 is 15.5 Å². The van der Waals surface area contributed by atoms with Crippen LogP contribution in [0.5, 0.6) is 0 Å². The molecule has 4 nitrogen and oxygen atoms in total. The molecule has 0 bridgehead atoms. The van der Waals surface area contributed by atoms with Crippen molar-refractivity contribution in [2.24, 2.45) is 0 Å². The largest absolute Gasteiger partial charge is 0.319 e. The number of aryl methyl sites for hydroxylation is 2. The minimum atomic E-state index is -4.24. The zero-order chi connectivity index (χ0) is 19.6. The number of para-hydroxylation sites is 1. The molecule has 1 N–H and O–H groups in total. The monoisotopic (exact) mass is 405 g/mol. The Balaban J connectivity index is 2.26. The Morgan fingerprint density at radius 1 is 1.04 bits per heavy atom. The Morgan fingerprint density at radius 2 is 1.78 bits per heavy atom. The Morgan fingerprint density at radius 3 is 2.41 bits per heavy atom. The zero-order valence-electron chi connectivity index (χ0n) is 16.1. The Labute approximate surface area is 166 Å². The lowest BCUT2D eigenvalue weighted by molar-refractivity contribution is 0.464. The maximum atomic E-state index is 12.3. The molecule has 0 radical (unpaired) electrons. The fourth-order valence-electron chi connectivity index (χ4n) is 3.74. The van der Waals surface area contributed by atoms with E-state index in [2.05, 4.69) is 38.1 Å². The van der Waals surface area contributed by atoms with Gasteiger partial charge in [-0.2, -0.15) is 8.42 Å². The van der Waals surface area contributed by atoms with E-state index in [1.807, 2.05) is 17.0 Å². The van der Waals surface area contributed by atoms with Crippen LogP contribution in [-0.2, 0) is 23.0 Å². The number of hydrogen-bond donors (Lipinski definition) is 1. The number of nitrogens with zero attached hydrogens (tertiary/aromatic N) is 1. The fourth-order valence-corrected chi connectivity index (χ4v) is 5.75. The highest BCUT2D eigenvalue weighted by Crippen LogP contribution is 2.51. The summed E-state index contributed by atoms with van der Waals surface area (Å²) < 4.78 is 34.5. The third-order valence-corrected chi connectivity index (χ3v) is 7.21. The predicted octanol–water partition coefficient (Wildman–Crippen LogP) is 5.82. The van der Waals surface area contributed by atoms with Crippen molar-refractivity contribution in [3.63, 3.8) is 0 Å². The summed E-state index contributed by atoms with van der Waals surface area (Å²) in [6.45, 7) is 6.05. The molecule has 2 aromatic rings. The van der Waals surface area contributed by atoms with Gasteiger partial charge in [-0.3, -0.25) is 4.55 Å². The van der Waals surface area contributed by atoms with Crippen LogP contribution < -0.4 is 4.90 Å². The van der Waals surface area contributed by atoms with E-state index in [0.29, 0.717) is 6.42 Å². The van der Waals surface area contributed by atoms with Crippen LogP contribution in [0.4, 0.5) is 11.4 Å². The second-order valence-electron chi connectivity index (χ2n) is 6.92. The van der Waals surface area contributed by atoms with Crippen LogP contribution in [0.25, 0.3) is 0 Å². The van der Waals surface area contributed by atoms with Gasteiger partial charge < -0.3 is 4.90 Å². The highest BCUT2D eigenvalue weighted by molar-refractivity contribution is 7.99. The zero-order valence-corrected chi connectivity index (χ0v) is 17.7. The van der Waals surface area contributed by atoms with Gasteiger partial charge in [0.2, 0.25) is 0 Å². The number of rotatable bonds is 7. The van der Waals surface area contributed by atoms with Gasteiger partial charge in [0.15, 0.2) is 5.37 Å². The predicted molar refractivity (Wildman–Crippen MR) is 113 cm³/mol. The standard InChI is InChI=1S/C21H27NO3S2/c1-4-8-15-12-13-18-17(14-15)22(20(6-3)27(23,24)25)21-16(9-5-2)10-7-11-19(21)26-18/h7,10-14,20H,4-6,8-9H2,1-3H3,(H,23,24,25). The van der Waals surface area contributed by atoms with E-state index in [4.69, 9.17) is 0 Å². The molecule has 0 aromatic heterocycles. The molecule has 1 aliphatic heterocycles. The summed E-state index contributed by atoms with van der Waals surface area (Å²) >= 11 is 1.67. The van der Waals surface area contributed by atoms with Gasteiger partial charge in [-0.05, 0) is 48.6 Å². The van der Waals surface area contributed by atoms with Crippen molar-refractivity contribution in [1.29, 1.82) is 0 Å². The summed E-state index contributed by atoms with van der Waals surface area (Å²) in [5, 5.41) is -0.995. The normalized spacial score (nSPS) is 14.6. The molecular formula is C21H27NO3S2. The van der Waals surface area contributed by atoms with Crippen molar-refractivity contribution in [3.8, 4) is 0 Å². The van der Waals surface area contributed by atoms with Crippen LogP contribution in [-0.4, -0.2) is 18.3 Å². The molecule has 27 heavy (non-hydrogen) atoms. The van der Waals surface area contributed by atoms with E-state index in [1.54, 1.807) is 18.7 Å². The maximum absolute atomic E-state index is 12.3. The first-order chi connectivity index (χ1) is 12.9. The van der Waals surface area contributed by atoms with Gasteiger partial charge in [-0.1, -0.05) is 63.6 Å². The van der Waals surface area contributed by atoms with Crippen molar-refractivity contribution in [2.75, 3.05) is 4.90 Å². The number of hydrogen-bond acceptors (Lipinski definition) is 4. The quantitative estimate of drug-likeness (QED) is 0.588. The van der Waals surface area contributed by atoms with E-state index in [-0.39, 0.29) is 0 Å². The highest BCUT2D eigenvalue weighted by Gasteiger charge is 2.36. The van der Waals surface area contributed by atoms with Crippen LogP contribution in [0.1, 0.15) is 51.2 Å². The molecule has 0 saturated carbocycles. The van der Waals surface area contributed by atoms with Crippen LogP contribution in [0, 0.1) is 0 Å². The Bertz CT molecular complexity index is 925. The van der Waals surface area contributed by atoms with Crippen molar-refractivity contribution in [2.45, 2.75) is 68.0 Å². The van der Waals surface area contributed by atoms with Gasteiger partial charge in [0.1, 0.15) is 0 Å². The molecule has 0 saturated heterocycles. The summed E-state index contributed by atoms with van der Waals surface area (Å²) in [5.41, 5.74) is 4.11. The van der Waals surface area contributed by atoms with Gasteiger partial charge in [-0.25, -0.2) is 0 Å². The van der Waals surface area contributed by atoms with Crippen LogP contribution in [0.2, 0.25) is 0 Å². The average Bonchev–Trinajstić information content (AvgIpc) is 2.61. The minimum Gasteiger partial charge on any atom is -0.319 e. The molecule has 0 aliphatic carbocycles. The van der Waals surface area contributed by atoms with E-state index in [9.17, 15) is 13.0 Å². The third kappa shape index (κ3) is 4.03. The summed E-state index contributed by atoms with van der Waals surface area (Å²) in [4.78, 5) is 3.93. The number of anilines is 2.